The SMILES string of the molecule is CCn1cc(C(C)CC(=O)O)nn1. The molecule has 0 aliphatic rings. The van der Waals surface area contributed by atoms with Gasteiger partial charge in [-0.3, -0.25) is 9.48 Å². The number of carbonyl (C=O) groups is 1. The second-order valence-corrected chi connectivity index (χ2v) is 3.00. The van der Waals surface area contributed by atoms with Crippen molar-refractivity contribution in [1.29, 1.82) is 0 Å². The number of hydrogen-bond acceptors (Lipinski definition) is 3. The summed E-state index contributed by atoms with van der Waals surface area (Å²) in [6, 6.07) is 0. The summed E-state index contributed by atoms with van der Waals surface area (Å²) in [5, 5.41) is 16.3. The van der Waals surface area contributed by atoms with E-state index >= 15 is 0 Å². The highest BCUT2D eigenvalue weighted by molar-refractivity contribution is 5.67. The molecule has 0 aliphatic carbocycles. The van der Waals surface area contributed by atoms with Gasteiger partial charge >= 0.3 is 5.97 Å². The normalized spacial score (nSPS) is 12.8. The Morgan fingerprint density at radius 1 is 1.77 bits per heavy atom. The minimum Gasteiger partial charge on any atom is -0.481 e. The number of aromatic nitrogens is 3. The minimum absolute atomic E-state index is 0.0715. The van der Waals surface area contributed by atoms with Crippen LogP contribution in [0.15, 0.2) is 6.20 Å². The molecule has 5 nitrogen and oxygen atoms in total. The van der Waals surface area contributed by atoms with E-state index in [0.717, 1.165) is 12.2 Å². The van der Waals surface area contributed by atoms with Gasteiger partial charge in [-0.15, -0.1) is 5.10 Å². The molecule has 1 heterocycles. The summed E-state index contributed by atoms with van der Waals surface area (Å²) < 4.78 is 1.69. The minimum atomic E-state index is -0.807. The zero-order chi connectivity index (χ0) is 9.84. The zero-order valence-corrected chi connectivity index (χ0v) is 7.77. The molecule has 1 aromatic rings. The highest BCUT2D eigenvalue weighted by Crippen LogP contribution is 2.15. The van der Waals surface area contributed by atoms with Crippen LogP contribution in [0.4, 0.5) is 0 Å². The smallest absolute Gasteiger partial charge is 0.304 e. The van der Waals surface area contributed by atoms with Gasteiger partial charge in [-0.25, -0.2) is 0 Å². The number of hydrogen-bond donors (Lipinski definition) is 1. The molecule has 1 aromatic heterocycles. The van der Waals surface area contributed by atoms with E-state index in [9.17, 15) is 4.79 Å². The van der Waals surface area contributed by atoms with Crippen molar-refractivity contribution >= 4 is 5.97 Å². The predicted molar refractivity (Wildman–Crippen MR) is 46.4 cm³/mol. The van der Waals surface area contributed by atoms with Crippen LogP contribution in [0.1, 0.15) is 31.9 Å². The Morgan fingerprint density at radius 2 is 2.46 bits per heavy atom. The van der Waals surface area contributed by atoms with Crippen molar-refractivity contribution in [3.63, 3.8) is 0 Å². The van der Waals surface area contributed by atoms with Gasteiger partial charge in [-0.2, -0.15) is 0 Å². The maximum atomic E-state index is 10.4. The molecule has 0 spiro atoms. The quantitative estimate of drug-likeness (QED) is 0.752. The third-order valence-electron chi connectivity index (χ3n) is 1.87. The first-order chi connectivity index (χ1) is 6.13. The topological polar surface area (TPSA) is 68.0 Å². The van der Waals surface area contributed by atoms with E-state index in [1.807, 2.05) is 13.8 Å². The van der Waals surface area contributed by atoms with E-state index in [4.69, 9.17) is 5.11 Å². The van der Waals surface area contributed by atoms with Crippen molar-refractivity contribution < 1.29 is 9.90 Å². The first-order valence-electron chi connectivity index (χ1n) is 4.25. The fourth-order valence-electron chi connectivity index (χ4n) is 1.06. The molecule has 13 heavy (non-hydrogen) atoms. The third kappa shape index (κ3) is 2.54. The van der Waals surface area contributed by atoms with Crippen LogP contribution in [0.25, 0.3) is 0 Å². The van der Waals surface area contributed by atoms with E-state index in [2.05, 4.69) is 10.3 Å². The molecule has 5 heteroatoms. The molecular formula is C8H13N3O2. The summed E-state index contributed by atoms with van der Waals surface area (Å²) in [6.45, 7) is 4.55. The molecule has 0 saturated carbocycles. The van der Waals surface area contributed by atoms with Crippen molar-refractivity contribution in [2.24, 2.45) is 0 Å². The average Bonchev–Trinajstić information content (AvgIpc) is 2.50. The van der Waals surface area contributed by atoms with Crippen molar-refractivity contribution in [3.05, 3.63) is 11.9 Å². The molecule has 1 atom stereocenters. The molecule has 72 valence electrons. The van der Waals surface area contributed by atoms with Crippen LogP contribution in [0.5, 0.6) is 0 Å². The Labute approximate surface area is 76.4 Å². The lowest BCUT2D eigenvalue weighted by Crippen LogP contribution is -2.03. The summed E-state index contributed by atoms with van der Waals surface area (Å²) >= 11 is 0. The summed E-state index contributed by atoms with van der Waals surface area (Å²) in [4.78, 5) is 10.4. The molecule has 0 amide bonds. The van der Waals surface area contributed by atoms with Crippen LogP contribution in [0.3, 0.4) is 0 Å². The fraction of sp³-hybridized carbons (Fsp3) is 0.625. The Balaban J connectivity index is 2.65. The molecule has 1 rings (SSSR count). The van der Waals surface area contributed by atoms with E-state index in [1.54, 1.807) is 10.9 Å². The van der Waals surface area contributed by atoms with Crippen LogP contribution in [-0.2, 0) is 11.3 Å². The third-order valence-corrected chi connectivity index (χ3v) is 1.87. The van der Waals surface area contributed by atoms with Crippen LogP contribution in [0, 0.1) is 0 Å². The molecule has 0 bridgehead atoms. The molecule has 1 N–H and O–H groups in total. The largest absolute Gasteiger partial charge is 0.481 e. The van der Waals surface area contributed by atoms with Crippen molar-refractivity contribution in [1.82, 2.24) is 15.0 Å². The Morgan fingerprint density at radius 3 is 2.92 bits per heavy atom. The van der Waals surface area contributed by atoms with Gasteiger partial charge in [0.15, 0.2) is 0 Å². The van der Waals surface area contributed by atoms with Crippen LogP contribution in [0.2, 0.25) is 0 Å². The van der Waals surface area contributed by atoms with Gasteiger partial charge < -0.3 is 5.11 Å². The monoisotopic (exact) mass is 183 g/mol. The van der Waals surface area contributed by atoms with E-state index in [-0.39, 0.29) is 12.3 Å². The van der Waals surface area contributed by atoms with E-state index in [1.165, 1.54) is 0 Å². The second kappa shape index (κ2) is 4.02. The first-order valence-corrected chi connectivity index (χ1v) is 4.25. The van der Waals surface area contributed by atoms with Gasteiger partial charge in [0.05, 0.1) is 12.1 Å². The lowest BCUT2D eigenvalue weighted by molar-refractivity contribution is -0.137. The Bertz CT molecular complexity index is 295. The fourth-order valence-corrected chi connectivity index (χ4v) is 1.06. The average molecular weight is 183 g/mol. The standard InChI is InChI=1S/C8H13N3O2/c1-3-11-5-7(9-10-11)6(2)4-8(12)13/h5-6H,3-4H2,1-2H3,(H,12,13). The van der Waals surface area contributed by atoms with Crippen molar-refractivity contribution in [3.8, 4) is 0 Å². The van der Waals surface area contributed by atoms with Gasteiger partial charge in [0, 0.05) is 18.7 Å². The number of carboxylic acids is 1. The molecule has 1 unspecified atom stereocenters. The van der Waals surface area contributed by atoms with Gasteiger partial charge in [0.2, 0.25) is 0 Å². The molecule has 0 aromatic carbocycles. The van der Waals surface area contributed by atoms with E-state index < -0.39 is 5.97 Å². The summed E-state index contributed by atoms with van der Waals surface area (Å²) in [5.41, 5.74) is 0.740. The van der Waals surface area contributed by atoms with Crippen LogP contribution < -0.4 is 0 Å². The molecule has 0 saturated heterocycles. The number of aryl methyl sites for hydroxylation is 1. The number of aliphatic carboxylic acids is 1. The van der Waals surface area contributed by atoms with Gasteiger partial charge in [-0.05, 0) is 6.92 Å². The summed E-state index contributed by atoms with van der Waals surface area (Å²) in [7, 11) is 0. The molecular weight excluding hydrogens is 170 g/mol. The maximum absolute atomic E-state index is 10.4. The number of rotatable bonds is 4. The predicted octanol–water partition coefficient (Wildman–Crippen LogP) is 0.876. The van der Waals surface area contributed by atoms with Crippen molar-refractivity contribution in [2.45, 2.75) is 32.7 Å². The van der Waals surface area contributed by atoms with Gasteiger partial charge in [0.25, 0.3) is 0 Å². The van der Waals surface area contributed by atoms with Crippen LogP contribution >= 0.6 is 0 Å². The maximum Gasteiger partial charge on any atom is 0.304 e. The molecule has 0 fully saturated rings. The number of carboxylic acid groups (broad SMARTS) is 1. The second-order valence-electron chi connectivity index (χ2n) is 3.00. The Kier molecular flexibility index (Phi) is 3.00. The van der Waals surface area contributed by atoms with Gasteiger partial charge in [-0.1, -0.05) is 12.1 Å². The van der Waals surface area contributed by atoms with Crippen molar-refractivity contribution in [2.75, 3.05) is 0 Å². The lowest BCUT2D eigenvalue weighted by atomic mass is 10.1. The molecule has 0 aliphatic heterocycles. The summed E-state index contributed by atoms with van der Waals surface area (Å²) in [6.07, 6.45) is 1.88. The number of nitrogens with zero attached hydrogens (tertiary/aromatic N) is 3. The summed E-state index contributed by atoms with van der Waals surface area (Å²) in [5.74, 6) is -0.878. The highest BCUT2D eigenvalue weighted by Gasteiger charge is 2.13. The van der Waals surface area contributed by atoms with E-state index in [0.29, 0.717) is 0 Å². The van der Waals surface area contributed by atoms with Gasteiger partial charge in [0.1, 0.15) is 0 Å². The van der Waals surface area contributed by atoms with Crippen LogP contribution in [-0.4, -0.2) is 26.1 Å². The zero-order valence-electron chi connectivity index (χ0n) is 7.77. The molecule has 0 radical (unpaired) electrons. The highest BCUT2D eigenvalue weighted by atomic mass is 16.4. The first kappa shape index (κ1) is 9.70. The Hall–Kier alpha value is -1.39. The lowest BCUT2D eigenvalue weighted by Gasteiger charge is -2.01.